The average Bonchev–Trinajstić information content (AvgIpc) is 3.29. The van der Waals surface area contributed by atoms with Crippen molar-refractivity contribution in [2.45, 2.75) is 44.7 Å². The minimum absolute atomic E-state index is 0.0189. The first-order chi connectivity index (χ1) is 13.6. The van der Waals surface area contributed by atoms with E-state index in [1.165, 1.54) is 5.69 Å². The van der Waals surface area contributed by atoms with Gasteiger partial charge in [-0.3, -0.25) is 9.48 Å². The third kappa shape index (κ3) is 4.23. The molecular formula is C20H20Cl2N4O2. The highest BCUT2D eigenvalue weighted by atomic mass is 35.5. The van der Waals surface area contributed by atoms with Crippen LogP contribution in [-0.4, -0.2) is 20.8 Å². The second kappa shape index (κ2) is 8.37. The molecule has 0 bridgehead atoms. The SMILES string of the molecule is O=C(CCc1cc(Cl)no1)NC1CCCc2c1cnn2Cc1ccccc1Cl. The fourth-order valence-corrected chi connectivity index (χ4v) is 3.95. The van der Waals surface area contributed by atoms with E-state index in [9.17, 15) is 4.79 Å². The van der Waals surface area contributed by atoms with Gasteiger partial charge in [-0.1, -0.05) is 46.6 Å². The standard InChI is InChI=1S/C20H20Cl2N4O2/c21-16-5-2-1-4-13(16)12-26-18-7-3-6-17(15(18)11-23-26)24-20(27)9-8-14-10-19(22)25-28-14/h1-2,4-5,10-11,17H,3,6-9,12H2,(H,24,27). The monoisotopic (exact) mass is 418 g/mol. The smallest absolute Gasteiger partial charge is 0.220 e. The Bertz CT molecular complexity index is 982. The maximum atomic E-state index is 12.4. The summed E-state index contributed by atoms with van der Waals surface area (Å²) in [7, 11) is 0. The van der Waals surface area contributed by atoms with Gasteiger partial charge in [0.15, 0.2) is 5.15 Å². The van der Waals surface area contributed by atoms with Gasteiger partial charge in [0.2, 0.25) is 5.91 Å². The van der Waals surface area contributed by atoms with E-state index >= 15 is 0 Å². The van der Waals surface area contributed by atoms with Crippen LogP contribution in [0.15, 0.2) is 41.1 Å². The average molecular weight is 419 g/mol. The Kier molecular flexibility index (Phi) is 5.69. The maximum Gasteiger partial charge on any atom is 0.220 e. The number of nitrogens with zero attached hydrogens (tertiary/aromatic N) is 3. The molecule has 1 aromatic carbocycles. The summed E-state index contributed by atoms with van der Waals surface area (Å²) in [5.41, 5.74) is 3.29. The number of hydrogen-bond acceptors (Lipinski definition) is 4. The molecule has 0 saturated heterocycles. The Morgan fingerprint density at radius 3 is 2.96 bits per heavy atom. The molecule has 0 saturated carbocycles. The predicted molar refractivity (Wildman–Crippen MR) is 106 cm³/mol. The van der Waals surface area contributed by atoms with Crippen LogP contribution in [0.2, 0.25) is 10.2 Å². The first-order valence-electron chi connectivity index (χ1n) is 9.28. The Hall–Kier alpha value is -2.31. The number of hydrogen-bond donors (Lipinski definition) is 1. The number of benzene rings is 1. The van der Waals surface area contributed by atoms with Crippen LogP contribution in [-0.2, 0) is 24.2 Å². The lowest BCUT2D eigenvalue weighted by Gasteiger charge is -2.24. The van der Waals surface area contributed by atoms with E-state index in [0.29, 0.717) is 30.3 Å². The molecule has 6 nitrogen and oxygen atoms in total. The van der Waals surface area contributed by atoms with Gasteiger partial charge in [0.05, 0.1) is 18.8 Å². The lowest BCUT2D eigenvalue weighted by atomic mass is 9.92. The summed E-state index contributed by atoms with van der Waals surface area (Å²) in [5.74, 6) is 0.585. The largest absolute Gasteiger partial charge is 0.360 e. The summed E-state index contributed by atoms with van der Waals surface area (Å²) in [6.45, 7) is 0.627. The van der Waals surface area contributed by atoms with Crippen molar-refractivity contribution >= 4 is 29.1 Å². The van der Waals surface area contributed by atoms with Crippen LogP contribution in [0.25, 0.3) is 0 Å². The number of rotatable bonds is 6. The normalized spacial score (nSPS) is 16.0. The highest BCUT2D eigenvalue weighted by Gasteiger charge is 2.25. The maximum absolute atomic E-state index is 12.4. The fraction of sp³-hybridized carbons (Fsp3) is 0.350. The Balaban J connectivity index is 1.42. The lowest BCUT2D eigenvalue weighted by molar-refractivity contribution is -0.122. The highest BCUT2D eigenvalue weighted by molar-refractivity contribution is 6.31. The Morgan fingerprint density at radius 1 is 1.32 bits per heavy atom. The summed E-state index contributed by atoms with van der Waals surface area (Å²) in [4.78, 5) is 12.4. The van der Waals surface area contributed by atoms with E-state index in [0.717, 1.165) is 35.4 Å². The number of amides is 1. The predicted octanol–water partition coefficient (Wildman–Crippen LogP) is 4.35. The van der Waals surface area contributed by atoms with E-state index in [1.807, 2.05) is 35.1 Å². The summed E-state index contributed by atoms with van der Waals surface area (Å²) < 4.78 is 7.04. The first-order valence-corrected chi connectivity index (χ1v) is 10.0. The third-order valence-electron chi connectivity index (χ3n) is 5.00. The van der Waals surface area contributed by atoms with Crippen LogP contribution in [0.4, 0.5) is 0 Å². The molecule has 2 aromatic heterocycles. The molecule has 146 valence electrons. The molecule has 1 atom stereocenters. The molecule has 1 aliphatic carbocycles. The van der Waals surface area contributed by atoms with Gasteiger partial charge in [-0.2, -0.15) is 5.10 Å². The van der Waals surface area contributed by atoms with Crippen LogP contribution < -0.4 is 5.32 Å². The molecule has 0 radical (unpaired) electrons. The van der Waals surface area contributed by atoms with Gasteiger partial charge in [-0.25, -0.2) is 0 Å². The first kappa shape index (κ1) is 19.0. The molecule has 1 N–H and O–H groups in total. The van der Waals surface area contributed by atoms with E-state index in [-0.39, 0.29) is 11.9 Å². The van der Waals surface area contributed by atoms with Crippen molar-refractivity contribution in [1.29, 1.82) is 0 Å². The zero-order valence-electron chi connectivity index (χ0n) is 15.2. The van der Waals surface area contributed by atoms with Gasteiger partial charge in [-0.05, 0) is 30.9 Å². The molecule has 0 fully saturated rings. The Labute approximate surface area is 172 Å². The molecular weight excluding hydrogens is 399 g/mol. The van der Waals surface area contributed by atoms with Gasteiger partial charge in [-0.15, -0.1) is 0 Å². The minimum atomic E-state index is -0.0239. The van der Waals surface area contributed by atoms with Crippen molar-refractivity contribution in [3.63, 3.8) is 0 Å². The summed E-state index contributed by atoms with van der Waals surface area (Å²) in [5, 5.41) is 12.3. The van der Waals surface area contributed by atoms with Crippen molar-refractivity contribution in [1.82, 2.24) is 20.3 Å². The van der Waals surface area contributed by atoms with Gasteiger partial charge >= 0.3 is 0 Å². The number of nitrogens with one attached hydrogen (secondary N) is 1. The number of fused-ring (bicyclic) bond motifs is 1. The van der Waals surface area contributed by atoms with Crippen LogP contribution in [0.3, 0.4) is 0 Å². The van der Waals surface area contributed by atoms with Crippen molar-refractivity contribution in [2.24, 2.45) is 0 Å². The molecule has 8 heteroatoms. The summed E-state index contributed by atoms with van der Waals surface area (Å²) >= 11 is 12.0. The molecule has 1 unspecified atom stereocenters. The molecule has 0 aliphatic heterocycles. The quantitative estimate of drug-likeness (QED) is 0.645. The Morgan fingerprint density at radius 2 is 2.18 bits per heavy atom. The molecule has 1 amide bonds. The number of aromatic nitrogens is 3. The molecule has 1 aliphatic rings. The minimum Gasteiger partial charge on any atom is -0.360 e. The van der Waals surface area contributed by atoms with Gasteiger partial charge in [0.1, 0.15) is 5.76 Å². The third-order valence-corrected chi connectivity index (χ3v) is 5.55. The van der Waals surface area contributed by atoms with Gasteiger partial charge in [0, 0.05) is 35.2 Å². The second-order valence-electron chi connectivity index (χ2n) is 6.92. The zero-order valence-corrected chi connectivity index (χ0v) is 16.7. The molecule has 0 spiro atoms. The van der Waals surface area contributed by atoms with Crippen LogP contribution in [0.5, 0.6) is 0 Å². The van der Waals surface area contributed by atoms with E-state index in [2.05, 4.69) is 15.6 Å². The zero-order chi connectivity index (χ0) is 19.5. The van der Waals surface area contributed by atoms with E-state index in [1.54, 1.807) is 6.07 Å². The lowest BCUT2D eigenvalue weighted by Crippen LogP contribution is -2.31. The number of carbonyl (C=O) groups excluding carboxylic acids is 1. The van der Waals surface area contributed by atoms with Crippen LogP contribution in [0, 0.1) is 0 Å². The molecule has 28 heavy (non-hydrogen) atoms. The second-order valence-corrected chi connectivity index (χ2v) is 7.72. The molecule has 2 heterocycles. The van der Waals surface area contributed by atoms with Crippen LogP contribution >= 0.6 is 23.2 Å². The van der Waals surface area contributed by atoms with Crippen LogP contribution in [0.1, 0.15) is 47.9 Å². The number of aryl methyl sites for hydroxylation is 1. The van der Waals surface area contributed by atoms with Crippen molar-refractivity contribution in [2.75, 3.05) is 0 Å². The summed E-state index contributed by atoms with van der Waals surface area (Å²) in [6.07, 6.45) is 5.52. The summed E-state index contributed by atoms with van der Waals surface area (Å²) in [6, 6.07) is 9.40. The van der Waals surface area contributed by atoms with E-state index in [4.69, 9.17) is 27.7 Å². The molecule has 3 aromatic rings. The van der Waals surface area contributed by atoms with Crippen molar-refractivity contribution in [3.05, 3.63) is 69.3 Å². The number of halogens is 2. The highest BCUT2D eigenvalue weighted by Crippen LogP contribution is 2.30. The van der Waals surface area contributed by atoms with Crippen molar-refractivity contribution < 1.29 is 9.32 Å². The van der Waals surface area contributed by atoms with Gasteiger partial charge < -0.3 is 9.84 Å². The topological polar surface area (TPSA) is 73.0 Å². The van der Waals surface area contributed by atoms with E-state index < -0.39 is 0 Å². The van der Waals surface area contributed by atoms with Crippen molar-refractivity contribution in [3.8, 4) is 0 Å². The van der Waals surface area contributed by atoms with Gasteiger partial charge in [0.25, 0.3) is 0 Å². The number of carbonyl (C=O) groups is 1. The molecule has 4 rings (SSSR count). The fourth-order valence-electron chi connectivity index (χ4n) is 3.60.